The van der Waals surface area contributed by atoms with Crippen LogP contribution in [0.2, 0.25) is 0 Å². The van der Waals surface area contributed by atoms with E-state index in [2.05, 4.69) is 11.9 Å². The summed E-state index contributed by atoms with van der Waals surface area (Å²) in [5.41, 5.74) is 5.76. The number of nitrogens with two attached hydrogens (primary N) is 1. The van der Waals surface area contributed by atoms with Gasteiger partial charge in [-0.05, 0) is 34.6 Å². The Hall–Kier alpha value is -0.830. The van der Waals surface area contributed by atoms with Gasteiger partial charge in [-0.1, -0.05) is 12.2 Å². The van der Waals surface area contributed by atoms with Gasteiger partial charge in [0.2, 0.25) is 5.91 Å². The molecule has 3 nitrogen and oxygen atoms in total. The van der Waals surface area contributed by atoms with Gasteiger partial charge < -0.3 is 11.1 Å². The third-order valence-corrected chi connectivity index (χ3v) is 2.73. The first-order valence-corrected chi connectivity index (χ1v) is 4.80. The molecule has 0 unspecified atom stereocenters. The number of rotatable bonds is 4. The summed E-state index contributed by atoms with van der Waals surface area (Å²) >= 11 is 0. The summed E-state index contributed by atoms with van der Waals surface area (Å²) in [4.78, 5) is 11.8. The Bertz CT molecular complexity index is 236. The molecule has 0 bridgehead atoms. The summed E-state index contributed by atoms with van der Waals surface area (Å²) in [6, 6.07) is 0. The molecule has 0 aliphatic rings. The molecule has 0 atom stereocenters. The van der Waals surface area contributed by atoms with Gasteiger partial charge in [0.25, 0.3) is 0 Å². The molecule has 0 aromatic rings. The average molecular weight is 198 g/mol. The van der Waals surface area contributed by atoms with E-state index in [9.17, 15) is 4.79 Å². The van der Waals surface area contributed by atoms with Crippen molar-refractivity contribution in [3.05, 3.63) is 12.2 Å². The van der Waals surface area contributed by atoms with E-state index >= 15 is 0 Å². The van der Waals surface area contributed by atoms with Crippen molar-refractivity contribution in [2.75, 3.05) is 6.54 Å². The van der Waals surface area contributed by atoms with Crippen LogP contribution in [0.1, 0.15) is 34.6 Å². The van der Waals surface area contributed by atoms with Crippen molar-refractivity contribution < 1.29 is 4.79 Å². The summed E-state index contributed by atoms with van der Waals surface area (Å²) in [7, 11) is 0. The molecule has 14 heavy (non-hydrogen) atoms. The van der Waals surface area contributed by atoms with Crippen LogP contribution in [-0.2, 0) is 4.79 Å². The van der Waals surface area contributed by atoms with Crippen LogP contribution in [0.25, 0.3) is 0 Å². The van der Waals surface area contributed by atoms with Gasteiger partial charge in [-0.3, -0.25) is 4.79 Å². The number of hydrogen-bond acceptors (Lipinski definition) is 2. The first kappa shape index (κ1) is 13.2. The van der Waals surface area contributed by atoms with Gasteiger partial charge in [0.05, 0.1) is 5.41 Å². The van der Waals surface area contributed by atoms with Crippen molar-refractivity contribution in [1.82, 2.24) is 5.32 Å². The van der Waals surface area contributed by atoms with Gasteiger partial charge in [0, 0.05) is 12.1 Å². The molecule has 0 saturated heterocycles. The number of carbonyl (C=O) groups is 1. The summed E-state index contributed by atoms with van der Waals surface area (Å²) < 4.78 is 0. The van der Waals surface area contributed by atoms with E-state index in [-0.39, 0.29) is 5.91 Å². The zero-order chi connectivity index (χ0) is 11.6. The first-order chi connectivity index (χ1) is 6.09. The minimum atomic E-state index is -0.581. The second-order valence-corrected chi connectivity index (χ2v) is 4.99. The maximum Gasteiger partial charge on any atom is 0.227 e. The molecular formula is C11H22N2O. The Balaban J connectivity index is 4.45. The zero-order valence-electron chi connectivity index (χ0n) is 9.90. The molecule has 1 amide bonds. The highest BCUT2D eigenvalue weighted by molar-refractivity contribution is 5.83. The standard InChI is InChI=1S/C11H22N2O/c1-8(2)7-13-9(14)10(3,4)11(5,6)12/h1,7,12H2,2-6H3,(H,13,14). The number of hydrogen-bond donors (Lipinski definition) is 2. The van der Waals surface area contributed by atoms with Crippen LogP contribution >= 0.6 is 0 Å². The molecule has 0 aliphatic heterocycles. The van der Waals surface area contributed by atoms with E-state index < -0.39 is 11.0 Å². The maximum absolute atomic E-state index is 11.8. The molecule has 0 heterocycles. The Kier molecular flexibility index (Phi) is 3.89. The van der Waals surface area contributed by atoms with Crippen molar-refractivity contribution in [2.45, 2.75) is 40.2 Å². The van der Waals surface area contributed by atoms with Crippen LogP contribution in [0.3, 0.4) is 0 Å². The van der Waals surface area contributed by atoms with Gasteiger partial charge in [-0.25, -0.2) is 0 Å². The van der Waals surface area contributed by atoms with Crippen LogP contribution in [0.15, 0.2) is 12.2 Å². The SMILES string of the molecule is C=C(C)CNC(=O)C(C)(C)C(C)(C)N. The smallest absolute Gasteiger partial charge is 0.227 e. The molecule has 0 aromatic heterocycles. The fraction of sp³-hybridized carbons (Fsp3) is 0.727. The van der Waals surface area contributed by atoms with E-state index in [1.165, 1.54) is 0 Å². The molecule has 0 rings (SSSR count). The molecule has 0 spiro atoms. The van der Waals surface area contributed by atoms with Crippen LogP contribution in [-0.4, -0.2) is 18.0 Å². The van der Waals surface area contributed by atoms with Crippen LogP contribution in [0.4, 0.5) is 0 Å². The molecule has 82 valence electrons. The van der Waals surface area contributed by atoms with Crippen LogP contribution in [0.5, 0.6) is 0 Å². The van der Waals surface area contributed by atoms with Crippen molar-refractivity contribution in [3.63, 3.8) is 0 Å². The third kappa shape index (κ3) is 3.14. The summed E-state index contributed by atoms with van der Waals surface area (Å²) in [6.45, 7) is 13.5. The van der Waals surface area contributed by atoms with E-state index in [1.54, 1.807) is 0 Å². The highest BCUT2D eigenvalue weighted by Gasteiger charge is 2.40. The highest BCUT2D eigenvalue weighted by Crippen LogP contribution is 2.28. The quantitative estimate of drug-likeness (QED) is 0.672. The van der Waals surface area contributed by atoms with E-state index in [0.29, 0.717) is 6.54 Å². The molecule has 3 N–H and O–H groups in total. The van der Waals surface area contributed by atoms with Gasteiger partial charge in [-0.15, -0.1) is 0 Å². The summed E-state index contributed by atoms with van der Waals surface area (Å²) in [5.74, 6) is -0.0343. The van der Waals surface area contributed by atoms with Crippen molar-refractivity contribution in [1.29, 1.82) is 0 Å². The Morgan fingerprint density at radius 3 is 2.07 bits per heavy atom. The molecular weight excluding hydrogens is 176 g/mol. The van der Waals surface area contributed by atoms with Gasteiger partial charge in [-0.2, -0.15) is 0 Å². The monoisotopic (exact) mass is 198 g/mol. The van der Waals surface area contributed by atoms with Crippen LogP contribution in [0, 0.1) is 5.41 Å². The average Bonchev–Trinajstić information content (AvgIpc) is 1.97. The Morgan fingerprint density at radius 2 is 1.79 bits per heavy atom. The molecule has 0 fully saturated rings. The molecule has 0 saturated carbocycles. The minimum absolute atomic E-state index is 0.0343. The van der Waals surface area contributed by atoms with E-state index in [4.69, 9.17) is 5.73 Å². The lowest BCUT2D eigenvalue weighted by molar-refractivity contribution is -0.132. The highest BCUT2D eigenvalue weighted by atomic mass is 16.2. The van der Waals surface area contributed by atoms with Crippen molar-refractivity contribution in [3.8, 4) is 0 Å². The number of carbonyl (C=O) groups excluding carboxylic acids is 1. The Morgan fingerprint density at radius 1 is 1.36 bits per heavy atom. The second-order valence-electron chi connectivity index (χ2n) is 4.99. The van der Waals surface area contributed by atoms with E-state index in [1.807, 2.05) is 34.6 Å². The van der Waals surface area contributed by atoms with Crippen molar-refractivity contribution >= 4 is 5.91 Å². The molecule has 0 aliphatic carbocycles. The number of amides is 1. The van der Waals surface area contributed by atoms with E-state index in [0.717, 1.165) is 5.57 Å². The normalized spacial score (nSPS) is 12.4. The predicted octanol–water partition coefficient (Wildman–Crippen LogP) is 1.44. The van der Waals surface area contributed by atoms with Crippen molar-refractivity contribution in [2.24, 2.45) is 11.1 Å². The van der Waals surface area contributed by atoms with Gasteiger partial charge in [0.15, 0.2) is 0 Å². The van der Waals surface area contributed by atoms with Gasteiger partial charge >= 0.3 is 0 Å². The Labute approximate surface area is 86.8 Å². The molecule has 0 aromatic carbocycles. The summed E-state index contributed by atoms with van der Waals surface area (Å²) in [5, 5.41) is 2.81. The fourth-order valence-corrected chi connectivity index (χ4v) is 0.745. The second kappa shape index (κ2) is 4.13. The summed E-state index contributed by atoms with van der Waals surface area (Å²) in [6.07, 6.45) is 0. The third-order valence-electron chi connectivity index (χ3n) is 2.73. The number of nitrogens with one attached hydrogen (secondary N) is 1. The zero-order valence-corrected chi connectivity index (χ0v) is 9.90. The predicted molar refractivity (Wildman–Crippen MR) is 59.9 cm³/mol. The first-order valence-electron chi connectivity index (χ1n) is 4.80. The van der Waals surface area contributed by atoms with Gasteiger partial charge in [0.1, 0.15) is 0 Å². The molecule has 3 heteroatoms. The lowest BCUT2D eigenvalue weighted by atomic mass is 9.74. The topological polar surface area (TPSA) is 55.1 Å². The lowest BCUT2D eigenvalue weighted by Crippen LogP contribution is -2.55. The van der Waals surface area contributed by atoms with Crippen LogP contribution < -0.4 is 11.1 Å². The maximum atomic E-state index is 11.8. The largest absolute Gasteiger partial charge is 0.352 e. The minimum Gasteiger partial charge on any atom is -0.352 e. The fourth-order valence-electron chi connectivity index (χ4n) is 0.745. The molecule has 0 radical (unpaired) electrons. The lowest BCUT2D eigenvalue weighted by Gasteiger charge is -2.36.